The minimum Gasteiger partial charge on any atom is -0.493 e. The monoisotopic (exact) mass is 502 g/mol. The fourth-order valence-electron chi connectivity index (χ4n) is 5.67. The molecule has 3 heteroatoms. The van der Waals surface area contributed by atoms with E-state index in [9.17, 15) is 5.26 Å². The van der Waals surface area contributed by atoms with Gasteiger partial charge in [-0.25, -0.2) is 0 Å². The Hall–Kier alpha value is -2.34. The largest absolute Gasteiger partial charge is 0.493 e. The van der Waals surface area contributed by atoms with Gasteiger partial charge < -0.3 is 4.74 Å². The Balaban J connectivity index is 1.37. The minimum absolute atomic E-state index is 0.0828. The highest BCUT2D eigenvalue weighted by Gasteiger charge is 2.35. The van der Waals surface area contributed by atoms with E-state index < -0.39 is 0 Å². The zero-order valence-electron chi connectivity index (χ0n) is 23.6. The van der Waals surface area contributed by atoms with Crippen LogP contribution < -0.4 is 4.74 Å². The molecule has 1 aliphatic rings. The lowest BCUT2D eigenvalue weighted by atomic mass is 9.69. The molecule has 0 bridgehead atoms. The van der Waals surface area contributed by atoms with Gasteiger partial charge in [-0.15, -0.1) is 0 Å². The first-order chi connectivity index (χ1) is 18.2. The normalized spacial score (nSPS) is 19.4. The second-order valence-corrected chi connectivity index (χ2v) is 11.4. The van der Waals surface area contributed by atoms with Gasteiger partial charge in [-0.3, -0.25) is 4.98 Å². The highest BCUT2D eigenvalue weighted by molar-refractivity contribution is 5.60. The molecular weight excluding hydrogens is 452 g/mol. The first-order valence-corrected chi connectivity index (χ1v) is 15.3. The van der Waals surface area contributed by atoms with Gasteiger partial charge in [0.05, 0.1) is 23.8 Å². The van der Waals surface area contributed by atoms with Crippen molar-refractivity contribution in [3.63, 3.8) is 0 Å². The third kappa shape index (κ3) is 10.1. The van der Waals surface area contributed by atoms with Crippen molar-refractivity contribution in [1.82, 2.24) is 4.98 Å². The van der Waals surface area contributed by atoms with Crippen LogP contribution in [0.15, 0.2) is 42.6 Å². The van der Waals surface area contributed by atoms with Crippen molar-refractivity contribution >= 4 is 0 Å². The van der Waals surface area contributed by atoms with E-state index in [1.54, 1.807) is 0 Å². The quantitative estimate of drug-likeness (QED) is 0.202. The van der Waals surface area contributed by atoms with Gasteiger partial charge in [0.2, 0.25) is 0 Å². The molecule has 1 saturated carbocycles. The topological polar surface area (TPSA) is 45.9 Å². The van der Waals surface area contributed by atoms with E-state index in [1.807, 2.05) is 6.20 Å². The van der Waals surface area contributed by atoms with Crippen molar-refractivity contribution in [2.24, 2.45) is 11.3 Å². The second kappa shape index (κ2) is 16.5. The standard InChI is InChI=1S/C34H50N2O/c1-3-5-7-9-11-13-23-34(28-35)24-21-30(22-25-34)27-37-32-18-16-31(17-19-32)33-20-15-29(26-36-33)14-12-10-8-6-4-2/h15-20,26,30H,3-14,21-25,27H2,1-2H3/t30-,34-. The molecule has 3 nitrogen and oxygen atoms in total. The molecule has 0 amide bonds. The molecule has 1 heterocycles. The molecular formula is C34H50N2O. The summed E-state index contributed by atoms with van der Waals surface area (Å²) in [6, 6.07) is 15.4. The SMILES string of the molecule is CCCCCCCC[C@]1(C#N)CC[C@H](COc2ccc(-c3ccc(CCCCCCC)cn3)cc2)CC1. The Kier molecular flexibility index (Phi) is 13.0. The van der Waals surface area contributed by atoms with Gasteiger partial charge in [0.1, 0.15) is 5.75 Å². The molecule has 0 unspecified atom stereocenters. The Labute approximate surface area is 227 Å². The molecule has 2 aromatic rings. The third-order valence-electron chi connectivity index (χ3n) is 8.34. The van der Waals surface area contributed by atoms with Crippen molar-refractivity contribution < 1.29 is 4.74 Å². The number of benzene rings is 1. The molecule has 37 heavy (non-hydrogen) atoms. The molecule has 1 aromatic carbocycles. The Bertz CT molecular complexity index is 904. The van der Waals surface area contributed by atoms with Crippen LogP contribution in [0.25, 0.3) is 11.3 Å². The lowest BCUT2D eigenvalue weighted by Gasteiger charge is -2.35. The van der Waals surface area contributed by atoms with Crippen LogP contribution in [0.5, 0.6) is 5.75 Å². The smallest absolute Gasteiger partial charge is 0.119 e. The Morgan fingerprint density at radius 1 is 0.838 bits per heavy atom. The molecule has 0 spiro atoms. The molecule has 0 aliphatic heterocycles. The van der Waals surface area contributed by atoms with Gasteiger partial charge in [-0.05, 0) is 86.8 Å². The zero-order chi connectivity index (χ0) is 26.2. The number of hydrogen-bond donors (Lipinski definition) is 0. The van der Waals surface area contributed by atoms with Crippen molar-refractivity contribution in [3.05, 3.63) is 48.2 Å². The molecule has 1 fully saturated rings. The molecule has 0 saturated heterocycles. The maximum absolute atomic E-state index is 9.89. The van der Waals surface area contributed by atoms with E-state index in [-0.39, 0.29) is 5.41 Å². The van der Waals surface area contributed by atoms with Crippen LogP contribution >= 0.6 is 0 Å². The summed E-state index contributed by atoms with van der Waals surface area (Å²) in [6.45, 7) is 5.27. The number of aryl methyl sites for hydroxylation is 1. The predicted molar refractivity (Wildman–Crippen MR) is 156 cm³/mol. The number of rotatable bonds is 17. The molecule has 0 N–H and O–H groups in total. The van der Waals surface area contributed by atoms with Gasteiger partial charge in [-0.2, -0.15) is 5.26 Å². The van der Waals surface area contributed by atoms with Crippen LogP contribution in [-0.4, -0.2) is 11.6 Å². The predicted octanol–water partition coefficient (Wildman–Crippen LogP) is 10.1. The average Bonchev–Trinajstić information content (AvgIpc) is 2.95. The summed E-state index contributed by atoms with van der Waals surface area (Å²) in [5.41, 5.74) is 3.40. The van der Waals surface area contributed by atoms with E-state index in [1.165, 1.54) is 76.2 Å². The number of hydrogen-bond acceptors (Lipinski definition) is 3. The number of unbranched alkanes of at least 4 members (excludes halogenated alkanes) is 9. The lowest BCUT2D eigenvalue weighted by Crippen LogP contribution is -2.28. The third-order valence-corrected chi connectivity index (χ3v) is 8.34. The first kappa shape index (κ1) is 29.2. The molecule has 1 aliphatic carbocycles. The molecule has 3 rings (SSSR count). The summed E-state index contributed by atoms with van der Waals surface area (Å²) in [4.78, 5) is 4.71. The fraction of sp³-hybridized carbons (Fsp3) is 0.647. The molecule has 0 atom stereocenters. The van der Waals surface area contributed by atoms with Gasteiger partial charge in [-0.1, -0.05) is 84.1 Å². The second-order valence-electron chi connectivity index (χ2n) is 11.4. The van der Waals surface area contributed by atoms with Crippen molar-refractivity contribution in [1.29, 1.82) is 5.26 Å². The molecule has 1 aromatic heterocycles. The maximum Gasteiger partial charge on any atom is 0.119 e. The van der Waals surface area contributed by atoms with Crippen LogP contribution in [0.4, 0.5) is 0 Å². The van der Waals surface area contributed by atoms with Crippen LogP contribution in [0, 0.1) is 22.7 Å². The van der Waals surface area contributed by atoms with Crippen molar-refractivity contribution in [3.8, 4) is 23.1 Å². The van der Waals surface area contributed by atoms with E-state index in [2.05, 4.69) is 56.3 Å². The summed E-state index contributed by atoms with van der Waals surface area (Å²) in [5, 5.41) is 9.89. The maximum atomic E-state index is 9.89. The lowest BCUT2D eigenvalue weighted by molar-refractivity contribution is 0.144. The summed E-state index contributed by atoms with van der Waals surface area (Å²) in [5.74, 6) is 1.48. The van der Waals surface area contributed by atoms with E-state index in [0.717, 1.165) is 62.1 Å². The molecule has 0 radical (unpaired) electrons. The van der Waals surface area contributed by atoms with Crippen molar-refractivity contribution in [2.45, 2.75) is 123 Å². The summed E-state index contributed by atoms with van der Waals surface area (Å²) >= 11 is 0. The van der Waals surface area contributed by atoms with E-state index in [4.69, 9.17) is 9.72 Å². The summed E-state index contributed by atoms with van der Waals surface area (Å²) in [7, 11) is 0. The molecule has 202 valence electrons. The van der Waals surface area contributed by atoms with Crippen LogP contribution in [0.2, 0.25) is 0 Å². The summed E-state index contributed by atoms with van der Waals surface area (Å²) in [6.07, 6.45) is 22.9. The van der Waals surface area contributed by atoms with Gasteiger partial charge in [0, 0.05) is 11.8 Å². The number of pyridine rings is 1. The van der Waals surface area contributed by atoms with Crippen molar-refractivity contribution in [2.75, 3.05) is 6.61 Å². The fourth-order valence-corrected chi connectivity index (χ4v) is 5.67. The number of aromatic nitrogens is 1. The van der Waals surface area contributed by atoms with Gasteiger partial charge in [0.25, 0.3) is 0 Å². The Morgan fingerprint density at radius 3 is 2.11 bits per heavy atom. The van der Waals surface area contributed by atoms with E-state index >= 15 is 0 Å². The zero-order valence-corrected chi connectivity index (χ0v) is 23.6. The minimum atomic E-state index is -0.0828. The number of nitrogens with zero attached hydrogens (tertiary/aromatic N) is 2. The first-order valence-electron chi connectivity index (χ1n) is 15.3. The van der Waals surface area contributed by atoms with Crippen LogP contribution in [0.1, 0.15) is 122 Å². The van der Waals surface area contributed by atoms with Crippen LogP contribution in [0.3, 0.4) is 0 Å². The van der Waals surface area contributed by atoms with E-state index in [0.29, 0.717) is 5.92 Å². The highest BCUT2D eigenvalue weighted by atomic mass is 16.5. The van der Waals surface area contributed by atoms with Crippen LogP contribution in [-0.2, 0) is 6.42 Å². The van der Waals surface area contributed by atoms with Gasteiger partial charge in [0.15, 0.2) is 0 Å². The summed E-state index contributed by atoms with van der Waals surface area (Å²) < 4.78 is 6.16. The highest BCUT2D eigenvalue weighted by Crippen LogP contribution is 2.42. The number of nitriles is 1. The average molecular weight is 503 g/mol. The van der Waals surface area contributed by atoms with Gasteiger partial charge >= 0.3 is 0 Å². The Morgan fingerprint density at radius 2 is 1.49 bits per heavy atom. The number of ether oxygens (including phenoxy) is 1.